The predicted molar refractivity (Wildman–Crippen MR) is 89.6 cm³/mol. The molecule has 0 spiro atoms. The van der Waals surface area contributed by atoms with Crippen LogP contribution < -0.4 is 5.32 Å². The molecule has 0 bridgehead atoms. The van der Waals surface area contributed by atoms with Crippen molar-refractivity contribution < 1.29 is 8.78 Å². The summed E-state index contributed by atoms with van der Waals surface area (Å²) in [4.78, 5) is 0. The summed E-state index contributed by atoms with van der Waals surface area (Å²) in [5, 5.41) is 17.9. The van der Waals surface area contributed by atoms with Crippen LogP contribution in [0.3, 0.4) is 0 Å². The van der Waals surface area contributed by atoms with Gasteiger partial charge in [0.15, 0.2) is 5.65 Å². The van der Waals surface area contributed by atoms with Gasteiger partial charge in [0, 0.05) is 4.70 Å². The third-order valence-electron chi connectivity index (χ3n) is 3.82. The second-order valence-corrected chi connectivity index (χ2v) is 6.31. The number of alkyl halides is 2. The Hall–Kier alpha value is -2.61. The van der Waals surface area contributed by atoms with Gasteiger partial charge in [0.2, 0.25) is 5.82 Å². The molecule has 0 aliphatic rings. The van der Waals surface area contributed by atoms with Gasteiger partial charge in [0.25, 0.3) is 6.43 Å². The van der Waals surface area contributed by atoms with Gasteiger partial charge in [-0.15, -0.1) is 26.6 Å². The van der Waals surface area contributed by atoms with Crippen molar-refractivity contribution in [2.75, 3.05) is 5.32 Å². The molecule has 0 saturated heterocycles. The van der Waals surface area contributed by atoms with Crippen molar-refractivity contribution in [1.29, 1.82) is 0 Å². The van der Waals surface area contributed by atoms with Crippen molar-refractivity contribution in [3.63, 3.8) is 0 Å². The van der Waals surface area contributed by atoms with Gasteiger partial charge in [-0.2, -0.15) is 4.52 Å². The quantitative estimate of drug-likeness (QED) is 0.594. The number of rotatable bonds is 4. The van der Waals surface area contributed by atoms with E-state index in [0.717, 1.165) is 10.1 Å². The SMILES string of the molecule is C[C@@H](Nc1ccc2nnc(C(F)F)n2n1)c1csc2ccccc12. The van der Waals surface area contributed by atoms with Crippen LogP contribution in [0.2, 0.25) is 0 Å². The van der Waals surface area contributed by atoms with Gasteiger partial charge in [-0.3, -0.25) is 0 Å². The smallest absolute Gasteiger partial charge is 0.299 e. The summed E-state index contributed by atoms with van der Waals surface area (Å²) in [6.07, 6.45) is -2.72. The Balaban J connectivity index is 1.67. The molecule has 5 nitrogen and oxygen atoms in total. The first kappa shape index (κ1) is 14.9. The summed E-state index contributed by atoms with van der Waals surface area (Å²) < 4.78 is 28.2. The molecule has 1 atom stereocenters. The van der Waals surface area contributed by atoms with Crippen molar-refractivity contribution in [3.05, 3.63) is 53.2 Å². The Bertz CT molecular complexity index is 1010. The molecule has 24 heavy (non-hydrogen) atoms. The number of nitrogens with one attached hydrogen (secondary N) is 1. The van der Waals surface area contributed by atoms with Gasteiger partial charge in [0.1, 0.15) is 5.82 Å². The average Bonchev–Trinajstić information content (AvgIpc) is 3.18. The lowest BCUT2D eigenvalue weighted by atomic mass is 10.1. The second-order valence-electron chi connectivity index (χ2n) is 5.40. The van der Waals surface area contributed by atoms with Crippen LogP contribution in [0.25, 0.3) is 15.7 Å². The van der Waals surface area contributed by atoms with E-state index in [1.165, 1.54) is 10.1 Å². The minimum absolute atomic E-state index is 0.0161. The van der Waals surface area contributed by atoms with Crippen LogP contribution in [-0.4, -0.2) is 19.8 Å². The zero-order valence-corrected chi connectivity index (χ0v) is 13.5. The standard InChI is InChI=1S/C16H13F2N5S/c1-9(11-8-24-12-5-3-2-4-10(11)12)19-13-6-7-14-20-21-16(15(17)18)23(14)22-13/h2-9,15H,1H3,(H,19,22)/t9-/m1/s1. The molecule has 1 N–H and O–H groups in total. The van der Waals surface area contributed by atoms with Crippen LogP contribution in [-0.2, 0) is 0 Å². The highest BCUT2D eigenvalue weighted by Gasteiger charge is 2.18. The summed E-state index contributed by atoms with van der Waals surface area (Å²) in [7, 11) is 0. The van der Waals surface area contributed by atoms with Gasteiger partial charge in [-0.05, 0) is 41.5 Å². The van der Waals surface area contributed by atoms with Crippen LogP contribution in [0.5, 0.6) is 0 Å². The summed E-state index contributed by atoms with van der Waals surface area (Å²) >= 11 is 1.68. The molecule has 3 aromatic heterocycles. The second kappa shape index (κ2) is 5.79. The lowest BCUT2D eigenvalue weighted by Gasteiger charge is -2.14. The Labute approximate surface area is 140 Å². The topological polar surface area (TPSA) is 55.1 Å². The third kappa shape index (κ3) is 2.48. The van der Waals surface area contributed by atoms with Crippen molar-refractivity contribution in [1.82, 2.24) is 19.8 Å². The molecule has 0 unspecified atom stereocenters. The molecule has 4 rings (SSSR count). The number of thiophene rings is 1. The summed E-state index contributed by atoms with van der Waals surface area (Å²) in [5.41, 5.74) is 1.44. The van der Waals surface area contributed by atoms with Crippen LogP contribution in [0.15, 0.2) is 41.8 Å². The maximum absolute atomic E-state index is 12.9. The van der Waals surface area contributed by atoms with Gasteiger partial charge in [-0.1, -0.05) is 18.2 Å². The monoisotopic (exact) mass is 345 g/mol. The number of anilines is 1. The number of nitrogens with zero attached hydrogens (tertiary/aromatic N) is 4. The molecule has 122 valence electrons. The van der Waals surface area contributed by atoms with Gasteiger partial charge >= 0.3 is 0 Å². The Kier molecular flexibility index (Phi) is 3.61. The van der Waals surface area contributed by atoms with E-state index in [9.17, 15) is 8.78 Å². The van der Waals surface area contributed by atoms with Gasteiger partial charge < -0.3 is 5.32 Å². The Morgan fingerprint density at radius 1 is 1.12 bits per heavy atom. The maximum atomic E-state index is 12.9. The van der Waals surface area contributed by atoms with E-state index < -0.39 is 12.2 Å². The van der Waals surface area contributed by atoms with Crippen molar-refractivity contribution in [2.24, 2.45) is 0 Å². The number of fused-ring (bicyclic) bond motifs is 2. The van der Waals surface area contributed by atoms with Crippen molar-refractivity contribution in [3.8, 4) is 0 Å². The highest BCUT2D eigenvalue weighted by atomic mass is 32.1. The van der Waals surface area contributed by atoms with Crippen LogP contribution in [0, 0.1) is 0 Å². The molecular weight excluding hydrogens is 332 g/mol. The number of benzene rings is 1. The minimum Gasteiger partial charge on any atom is -0.362 e. The number of aromatic nitrogens is 4. The highest BCUT2D eigenvalue weighted by molar-refractivity contribution is 7.17. The van der Waals surface area contributed by atoms with Crippen molar-refractivity contribution in [2.45, 2.75) is 19.4 Å². The fraction of sp³-hybridized carbons (Fsp3) is 0.188. The fourth-order valence-corrected chi connectivity index (χ4v) is 3.71. The van der Waals surface area contributed by atoms with E-state index in [0.29, 0.717) is 11.5 Å². The zero-order chi connectivity index (χ0) is 16.7. The van der Waals surface area contributed by atoms with E-state index in [-0.39, 0.29) is 6.04 Å². The van der Waals surface area contributed by atoms with Gasteiger partial charge in [0.05, 0.1) is 6.04 Å². The molecular formula is C16H13F2N5S. The summed E-state index contributed by atoms with van der Waals surface area (Å²) in [5.74, 6) is 0.0364. The number of hydrogen-bond donors (Lipinski definition) is 1. The fourth-order valence-electron chi connectivity index (χ4n) is 2.65. The van der Waals surface area contributed by atoms with Crippen molar-refractivity contribution >= 4 is 32.9 Å². The lowest BCUT2D eigenvalue weighted by Crippen LogP contribution is -2.10. The van der Waals surface area contributed by atoms with Gasteiger partial charge in [-0.25, -0.2) is 8.78 Å². The maximum Gasteiger partial charge on any atom is 0.299 e. The zero-order valence-electron chi connectivity index (χ0n) is 12.6. The molecule has 1 aromatic carbocycles. The number of hydrogen-bond acceptors (Lipinski definition) is 5. The molecule has 0 radical (unpaired) electrons. The van der Waals surface area contributed by atoms with Crippen LogP contribution >= 0.6 is 11.3 Å². The largest absolute Gasteiger partial charge is 0.362 e. The first-order valence-electron chi connectivity index (χ1n) is 7.36. The Morgan fingerprint density at radius 3 is 2.79 bits per heavy atom. The van der Waals surface area contributed by atoms with E-state index in [4.69, 9.17) is 0 Å². The first-order valence-corrected chi connectivity index (χ1v) is 8.24. The third-order valence-corrected chi connectivity index (χ3v) is 4.81. The molecule has 0 aliphatic carbocycles. The van der Waals surface area contributed by atoms with E-state index in [1.807, 2.05) is 19.1 Å². The van der Waals surface area contributed by atoms with E-state index >= 15 is 0 Å². The molecule has 0 fully saturated rings. The average molecular weight is 345 g/mol. The molecule has 0 amide bonds. The van der Waals surface area contributed by atoms with Crippen LogP contribution in [0.4, 0.5) is 14.6 Å². The normalized spacial score (nSPS) is 13.0. The molecule has 4 aromatic rings. The van der Waals surface area contributed by atoms with E-state index in [1.54, 1.807) is 23.5 Å². The summed E-state index contributed by atoms with van der Waals surface area (Å²) in [6, 6.07) is 11.5. The Morgan fingerprint density at radius 2 is 1.96 bits per heavy atom. The predicted octanol–water partition coefficient (Wildman–Crippen LogP) is 4.45. The molecule has 0 saturated carbocycles. The highest BCUT2D eigenvalue weighted by Crippen LogP contribution is 2.31. The first-order chi connectivity index (χ1) is 11.6. The van der Waals surface area contributed by atoms with E-state index in [2.05, 4.69) is 38.1 Å². The molecule has 0 aliphatic heterocycles. The minimum atomic E-state index is -2.72. The van der Waals surface area contributed by atoms with Crippen LogP contribution in [0.1, 0.15) is 30.8 Å². The molecule has 8 heteroatoms. The lowest BCUT2D eigenvalue weighted by molar-refractivity contribution is 0.137. The summed E-state index contributed by atoms with van der Waals surface area (Å²) in [6.45, 7) is 2.01. The molecule has 3 heterocycles. The number of halogens is 2.